The van der Waals surface area contributed by atoms with Crippen molar-refractivity contribution in [3.8, 4) is 0 Å². The van der Waals surface area contributed by atoms with E-state index in [0.29, 0.717) is 13.1 Å². The molecule has 0 aromatic rings. The summed E-state index contributed by atoms with van der Waals surface area (Å²) in [6, 6.07) is -0.293. The molecule has 3 N–H and O–H groups in total. The molecule has 0 saturated carbocycles. The van der Waals surface area contributed by atoms with E-state index in [4.69, 9.17) is 0 Å². The highest BCUT2D eigenvalue weighted by Gasteiger charge is 2.02. The van der Waals surface area contributed by atoms with E-state index in [1.807, 2.05) is 13.8 Å². The van der Waals surface area contributed by atoms with E-state index in [9.17, 15) is 9.59 Å². The molecule has 3 amide bonds. The maximum absolute atomic E-state index is 11.0. The van der Waals surface area contributed by atoms with Crippen molar-refractivity contribution in [3.05, 3.63) is 0 Å². The van der Waals surface area contributed by atoms with Gasteiger partial charge in [0.05, 0.1) is 6.54 Å². The van der Waals surface area contributed by atoms with Crippen molar-refractivity contribution < 1.29 is 9.59 Å². The monoisotopic (exact) mass is 201 g/mol. The van der Waals surface area contributed by atoms with Gasteiger partial charge in [-0.1, -0.05) is 13.8 Å². The van der Waals surface area contributed by atoms with Crippen LogP contribution < -0.4 is 16.0 Å². The van der Waals surface area contributed by atoms with Crippen LogP contribution in [0, 0.1) is 0 Å². The van der Waals surface area contributed by atoms with Crippen molar-refractivity contribution in [2.75, 3.05) is 19.6 Å². The van der Waals surface area contributed by atoms with Gasteiger partial charge in [0.25, 0.3) is 0 Å². The van der Waals surface area contributed by atoms with Crippen molar-refractivity contribution in [2.24, 2.45) is 0 Å². The Morgan fingerprint density at radius 3 is 2.07 bits per heavy atom. The average Bonchev–Trinajstić information content (AvgIpc) is 2.20. The first kappa shape index (κ1) is 12.7. The van der Waals surface area contributed by atoms with Crippen molar-refractivity contribution in [1.29, 1.82) is 0 Å². The third-order valence-corrected chi connectivity index (χ3v) is 1.52. The lowest BCUT2D eigenvalue weighted by atomic mass is 10.4. The molecule has 0 atom stereocenters. The highest BCUT2D eigenvalue weighted by atomic mass is 16.2. The molecule has 0 aliphatic heterocycles. The molecule has 0 aromatic heterocycles. The largest absolute Gasteiger partial charge is 0.355 e. The smallest absolute Gasteiger partial charge is 0.315 e. The van der Waals surface area contributed by atoms with Gasteiger partial charge in [-0.25, -0.2) is 4.79 Å². The average molecular weight is 201 g/mol. The van der Waals surface area contributed by atoms with E-state index < -0.39 is 0 Å². The zero-order valence-electron chi connectivity index (χ0n) is 8.85. The van der Waals surface area contributed by atoms with Crippen molar-refractivity contribution in [3.63, 3.8) is 0 Å². The second-order valence-electron chi connectivity index (χ2n) is 2.96. The molecule has 14 heavy (non-hydrogen) atoms. The summed E-state index contributed by atoms with van der Waals surface area (Å²) >= 11 is 0. The molecule has 5 nitrogen and oxygen atoms in total. The molecule has 0 unspecified atom stereocenters. The molecule has 0 aliphatic rings. The highest BCUT2D eigenvalue weighted by Crippen LogP contribution is 1.73. The second kappa shape index (κ2) is 8.34. The maximum atomic E-state index is 11.0. The molecule has 0 spiro atoms. The van der Waals surface area contributed by atoms with Gasteiger partial charge in [-0.15, -0.1) is 0 Å². The van der Waals surface area contributed by atoms with Gasteiger partial charge in [0, 0.05) is 13.1 Å². The molecule has 5 heteroatoms. The van der Waals surface area contributed by atoms with Crippen LogP contribution in [0.3, 0.4) is 0 Å². The van der Waals surface area contributed by atoms with E-state index in [1.54, 1.807) is 0 Å². The number of carbonyl (C=O) groups is 2. The minimum absolute atomic E-state index is 0.0372. The lowest BCUT2D eigenvalue weighted by molar-refractivity contribution is -0.120. The SMILES string of the molecule is CCCNC(=O)CNC(=O)NCCC. The van der Waals surface area contributed by atoms with Crippen LogP contribution in [0.5, 0.6) is 0 Å². The van der Waals surface area contributed by atoms with Gasteiger partial charge in [-0.05, 0) is 12.8 Å². The predicted molar refractivity (Wildman–Crippen MR) is 55.0 cm³/mol. The number of nitrogens with one attached hydrogen (secondary N) is 3. The fourth-order valence-electron chi connectivity index (χ4n) is 0.789. The summed E-state index contributed by atoms with van der Waals surface area (Å²) in [6.45, 7) is 5.25. The van der Waals surface area contributed by atoms with E-state index in [0.717, 1.165) is 12.8 Å². The number of hydrogen-bond acceptors (Lipinski definition) is 2. The lowest BCUT2D eigenvalue weighted by Gasteiger charge is -2.06. The molecule has 0 saturated heterocycles. The zero-order chi connectivity index (χ0) is 10.8. The fourth-order valence-corrected chi connectivity index (χ4v) is 0.789. The molecule has 82 valence electrons. The molecule has 0 aliphatic carbocycles. The number of amides is 3. The highest BCUT2D eigenvalue weighted by molar-refractivity contribution is 5.83. The first-order chi connectivity index (χ1) is 6.70. The fraction of sp³-hybridized carbons (Fsp3) is 0.778. The Balaban J connectivity index is 3.41. The summed E-state index contributed by atoms with van der Waals surface area (Å²) < 4.78 is 0. The minimum Gasteiger partial charge on any atom is -0.355 e. The summed E-state index contributed by atoms with van der Waals surface area (Å²) in [5.74, 6) is -0.154. The Hall–Kier alpha value is -1.26. The van der Waals surface area contributed by atoms with E-state index >= 15 is 0 Å². The third kappa shape index (κ3) is 7.39. The van der Waals surface area contributed by atoms with Gasteiger partial charge in [0.1, 0.15) is 0 Å². The Kier molecular flexibility index (Phi) is 7.59. The van der Waals surface area contributed by atoms with Crippen LogP contribution >= 0.6 is 0 Å². The third-order valence-electron chi connectivity index (χ3n) is 1.52. The van der Waals surface area contributed by atoms with Gasteiger partial charge in [-0.3, -0.25) is 4.79 Å². The Morgan fingerprint density at radius 2 is 1.50 bits per heavy atom. The van der Waals surface area contributed by atoms with Crippen LogP contribution in [-0.2, 0) is 4.79 Å². The predicted octanol–water partition coefficient (Wildman–Crippen LogP) is 0.222. The van der Waals surface area contributed by atoms with Crippen molar-refractivity contribution in [1.82, 2.24) is 16.0 Å². The molecule has 0 fully saturated rings. The molecule has 0 radical (unpaired) electrons. The van der Waals surface area contributed by atoms with Crippen LogP contribution in [0.2, 0.25) is 0 Å². The lowest BCUT2D eigenvalue weighted by Crippen LogP contribution is -2.42. The number of hydrogen-bond donors (Lipinski definition) is 3. The van der Waals surface area contributed by atoms with E-state index in [-0.39, 0.29) is 18.5 Å². The summed E-state index contributed by atoms with van der Waals surface area (Å²) in [6.07, 6.45) is 1.78. The Labute approximate surface area is 84.6 Å². The van der Waals surface area contributed by atoms with Crippen LogP contribution in [0.1, 0.15) is 26.7 Å². The van der Waals surface area contributed by atoms with Gasteiger partial charge < -0.3 is 16.0 Å². The van der Waals surface area contributed by atoms with E-state index in [1.165, 1.54) is 0 Å². The van der Waals surface area contributed by atoms with Crippen LogP contribution in [-0.4, -0.2) is 31.6 Å². The van der Waals surface area contributed by atoms with Gasteiger partial charge in [0.2, 0.25) is 5.91 Å². The number of rotatable bonds is 6. The summed E-state index contributed by atoms with van der Waals surface area (Å²) in [5.41, 5.74) is 0. The van der Waals surface area contributed by atoms with Gasteiger partial charge in [0.15, 0.2) is 0 Å². The minimum atomic E-state index is -0.293. The molecule has 0 bridgehead atoms. The van der Waals surface area contributed by atoms with Crippen molar-refractivity contribution >= 4 is 11.9 Å². The van der Waals surface area contributed by atoms with Crippen LogP contribution in [0.25, 0.3) is 0 Å². The number of urea groups is 1. The Bertz CT molecular complexity index is 163. The van der Waals surface area contributed by atoms with Crippen LogP contribution in [0.15, 0.2) is 0 Å². The zero-order valence-corrected chi connectivity index (χ0v) is 8.85. The first-order valence-electron chi connectivity index (χ1n) is 4.99. The topological polar surface area (TPSA) is 70.2 Å². The first-order valence-corrected chi connectivity index (χ1v) is 4.99. The second-order valence-corrected chi connectivity index (χ2v) is 2.96. The standard InChI is InChI=1S/C9H19N3O2/c1-3-5-10-8(13)7-12-9(14)11-6-4-2/h3-7H2,1-2H3,(H,10,13)(H2,11,12,14). The quantitative estimate of drug-likeness (QED) is 0.575. The molecular weight excluding hydrogens is 182 g/mol. The van der Waals surface area contributed by atoms with Gasteiger partial charge >= 0.3 is 6.03 Å². The number of carbonyl (C=O) groups excluding carboxylic acids is 2. The molecule has 0 rings (SSSR count). The van der Waals surface area contributed by atoms with Crippen molar-refractivity contribution in [2.45, 2.75) is 26.7 Å². The van der Waals surface area contributed by atoms with Gasteiger partial charge in [-0.2, -0.15) is 0 Å². The summed E-state index contributed by atoms with van der Waals surface area (Å²) in [5, 5.41) is 7.74. The Morgan fingerprint density at radius 1 is 0.929 bits per heavy atom. The maximum Gasteiger partial charge on any atom is 0.315 e. The normalized spacial score (nSPS) is 9.29. The molecule has 0 heterocycles. The van der Waals surface area contributed by atoms with Crippen LogP contribution in [0.4, 0.5) is 4.79 Å². The molecule has 0 aromatic carbocycles. The summed E-state index contributed by atoms with van der Waals surface area (Å²) in [7, 11) is 0. The van der Waals surface area contributed by atoms with E-state index in [2.05, 4.69) is 16.0 Å². The molecular formula is C9H19N3O2. The summed E-state index contributed by atoms with van der Waals surface area (Å²) in [4.78, 5) is 22.0.